The Morgan fingerprint density at radius 3 is 2.67 bits per heavy atom. The molecule has 0 spiro atoms. The predicted octanol–water partition coefficient (Wildman–Crippen LogP) is 2.97. The summed E-state index contributed by atoms with van der Waals surface area (Å²) >= 11 is 1.24. The highest BCUT2D eigenvalue weighted by atomic mass is 32.2. The summed E-state index contributed by atoms with van der Waals surface area (Å²) in [5, 5.41) is 12.1. The highest BCUT2D eigenvalue weighted by molar-refractivity contribution is 7.99. The Morgan fingerprint density at radius 2 is 2.00 bits per heavy atom. The third-order valence-corrected chi connectivity index (χ3v) is 4.23. The van der Waals surface area contributed by atoms with Crippen molar-refractivity contribution in [3.63, 3.8) is 0 Å². The van der Waals surface area contributed by atoms with Crippen molar-refractivity contribution in [3.8, 4) is 5.75 Å². The van der Waals surface area contributed by atoms with Gasteiger partial charge in [0.15, 0.2) is 6.10 Å². The van der Waals surface area contributed by atoms with Crippen LogP contribution in [0.15, 0.2) is 46.2 Å². The van der Waals surface area contributed by atoms with E-state index in [-0.39, 0.29) is 5.56 Å². The van der Waals surface area contributed by atoms with Gasteiger partial charge in [0.05, 0.1) is 12.0 Å². The highest BCUT2D eigenvalue weighted by Gasteiger charge is 2.29. The van der Waals surface area contributed by atoms with Crippen LogP contribution in [0.4, 0.5) is 10.1 Å². The van der Waals surface area contributed by atoms with Gasteiger partial charge in [-0.25, -0.2) is 4.39 Å². The number of rotatable bonds is 3. The number of halogens is 1. The molecule has 108 valence electrons. The minimum atomic E-state index is -1.30. The molecule has 6 heteroatoms. The van der Waals surface area contributed by atoms with Crippen LogP contribution in [0.2, 0.25) is 0 Å². The molecule has 0 radical (unpaired) electrons. The molecule has 3 rings (SSSR count). The summed E-state index contributed by atoms with van der Waals surface area (Å²) in [5.41, 5.74) is 0.724. The Kier molecular flexibility index (Phi) is 3.57. The molecule has 2 N–H and O–H groups in total. The third-order valence-electron chi connectivity index (χ3n) is 3.19. The van der Waals surface area contributed by atoms with Crippen LogP contribution >= 0.6 is 11.8 Å². The lowest BCUT2D eigenvalue weighted by Crippen LogP contribution is -2.10. The number of nitrogens with one attached hydrogen (secondary N) is 1. The standard InChI is InChI=1S/C15H12FNO3S/c1-20-8-2-4-9(5-3-8)21-13-7-12-10(6-11(13)16)14(18)15(19)17-12/h2-7,14,18H,1H3,(H,17,19). The van der Waals surface area contributed by atoms with Crippen molar-refractivity contribution in [2.75, 3.05) is 12.4 Å². The molecule has 0 aromatic heterocycles. The van der Waals surface area contributed by atoms with E-state index in [0.29, 0.717) is 10.6 Å². The van der Waals surface area contributed by atoms with Crippen molar-refractivity contribution >= 4 is 23.4 Å². The molecule has 1 unspecified atom stereocenters. The van der Waals surface area contributed by atoms with E-state index in [0.717, 1.165) is 10.6 Å². The number of hydrogen-bond donors (Lipinski definition) is 2. The maximum absolute atomic E-state index is 14.1. The van der Waals surface area contributed by atoms with Crippen LogP contribution < -0.4 is 10.1 Å². The largest absolute Gasteiger partial charge is 0.497 e. The number of benzene rings is 2. The van der Waals surface area contributed by atoms with Gasteiger partial charge in [-0.05, 0) is 36.4 Å². The third kappa shape index (κ3) is 2.59. The van der Waals surface area contributed by atoms with Gasteiger partial charge in [-0.2, -0.15) is 0 Å². The van der Waals surface area contributed by atoms with Gasteiger partial charge in [0.1, 0.15) is 11.6 Å². The fourth-order valence-electron chi connectivity index (χ4n) is 2.09. The maximum atomic E-state index is 14.1. The number of carbonyl (C=O) groups is 1. The summed E-state index contributed by atoms with van der Waals surface area (Å²) in [6.45, 7) is 0. The Morgan fingerprint density at radius 1 is 1.29 bits per heavy atom. The van der Waals surface area contributed by atoms with Gasteiger partial charge in [0.2, 0.25) is 0 Å². The van der Waals surface area contributed by atoms with E-state index < -0.39 is 17.8 Å². The monoisotopic (exact) mass is 305 g/mol. The predicted molar refractivity (Wildman–Crippen MR) is 77.1 cm³/mol. The molecule has 0 aliphatic carbocycles. The SMILES string of the molecule is COc1ccc(Sc2cc3c(cc2F)C(O)C(=O)N3)cc1. The van der Waals surface area contributed by atoms with Crippen LogP contribution in [0.25, 0.3) is 0 Å². The van der Waals surface area contributed by atoms with E-state index in [4.69, 9.17) is 4.74 Å². The minimum absolute atomic E-state index is 0.275. The van der Waals surface area contributed by atoms with Gasteiger partial charge in [0.25, 0.3) is 5.91 Å². The minimum Gasteiger partial charge on any atom is -0.497 e. The summed E-state index contributed by atoms with van der Waals surface area (Å²) in [6.07, 6.45) is -1.30. The molecule has 2 aromatic carbocycles. The van der Waals surface area contributed by atoms with Crippen LogP contribution in [-0.2, 0) is 4.79 Å². The average molecular weight is 305 g/mol. The summed E-state index contributed by atoms with van der Waals surface area (Å²) < 4.78 is 19.1. The summed E-state index contributed by atoms with van der Waals surface area (Å²) in [4.78, 5) is 12.6. The van der Waals surface area contributed by atoms with Crippen LogP contribution in [0, 0.1) is 5.82 Å². The first-order chi connectivity index (χ1) is 10.1. The number of methoxy groups -OCH3 is 1. The number of ether oxygens (including phenoxy) is 1. The molecular weight excluding hydrogens is 293 g/mol. The molecule has 4 nitrogen and oxygen atoms in total. The van der Waals surface area contributed by atoms with Crippen molar-refractivity contribution in [2.45, 2.75) is 15.9 Å². The zero-order valence-corrected chi connectivity index (χ0v) is 11.9. The Labute approximate surface area is 124 Å². The number of fused-ring (bicyclic) bond motifs is 1. The second kappa shape index (κ2) is 5.38. The molecule has 1 aliphatic rings. The van der Waals surface area contributed by atoms with Crippen molar-refractivity contribution in [1.82, 2.24) is 0 Å². The lowest BCUT2D eigenvalue weighted by atomic mass is 10.1. The van der Waals surface area contributed by atoms with E-state index >= 15 is 0 Å². The summed E-state index contributed by atoms with van der Waals surface area (Å²) in [6, 6.07) is 9.96. The number of anilines is 1. The number of carbonyl (C=O) groups excluding carboxylic acids is 1. The number of aliphatic hydroxyl groups excluding tert-OH is 1. The molecule has 21 heavy (non-hydrogen) atoms. The van der Waals surface area contributed by atoms with Crippen LogP contribution in [0.5, 0.6) is 5.75 Å². The molecule has 0 saturated carbocycles. The van der Waals surface area contributed by atoms with Gasteiger partial charge in [-0.1, -0.05) is 11.8 Å². The number of aliphatic hydroxyl groups is 1. The second-order valence-corrected chi connectivity index (χ2v) is 5.65. The number of amides is 1. The first-order valence-electron chi connectivity index (χ1n) is 6.23. The molecule has 1 aliphatic heterocycles. The van der Waals surface area contributed by atoms with Gasteiger partial charge < -0.3 is 15.2 Å². The highest BCUT2D eigenvalue weighted by Crippen LogP contribution is 2.38. The van der Waals surface area contributed by atoms with E-state index in [1.54, 1.807) is 19.2 Å². The van der Waals surface area contributed by atoms with Crippen molar-refractivity contribution in [1.29, 1.82) is 0 Å². The summed E-state index contributed by atoms with van der Waals surface area (Å²) in [5.74, 6) is -0.273. The van der Waals surface area contributed by atoms with Crippen LogP contribution in [-0.4, -0.2) is 18.1 Å². The molecule has 0 bridgehead atoms. The number of hydrogen-bond acceptors (Lipinski definition) is 4. The molecule has 1 atom stereocenters. The Bertz CT molecular complexity index is 703. The lowest BCUT2D eigenvalue weighted by Gasteiger charge is -2.07. The fraction of sp³-hybridized carbons (Fsp3) is 0.133. The Hall–Kier alpha value is -2.05. The zero-order chi connectivity index (χ0) is 15.0. The van der Waals surface area contributed by atoms with Gasteiger partial charge >= 0.3 is 0 Å². The van der Waals surface area contributed by atoms with E-state index in [2.05, 4.69) is 5.32 Å². The first kappa shape index (κ1) is 13.9. The second-order valence-electron chi connectivity index (χ2n) is 4.54. The molecule has 1 amide bonds. The topological polar surface area (TPSA) is 58.6 Å². The van der Waals surface area contributed by atoms with Crippen LogP contribution in [0.3, 0.4) is 0 Å². The van der Waals surface area contributed by atoms with Crippen molar-refractivity contribution in [3.05, 3.63) is 47.8 Å². The molecule has 0 fully saturated rings. The quantitative estimate of drug-likeness (QED) is 0.915. The molecular formula is C15H12FNO3S. The Balaban J connectivity index is 1.89. The van der Waals surface area contributed by atoms with Crippen molar-refractivity contribution in [2.24, 2.45) is 0 Å². The van der Waals surface area contributed by atoms with E-state index in [1.807, 2.05) is 12.1 Å². The molecule has 1 heterocycles. The van der Waals surface area contributed by atoms with Gasteiger partial charge in [-0.3, -0.25) is 4.79 Å². The fourth-order valence-corrected chi connectivity index (χ4v) is 2.95. The first-order valence-corrected chi connectivity index (χ1v) is 7.04. The normalized spacial score (nSPS) is 16.5. The van der Waals surface area contributed by atoms with E-state index in [1.165, 1.54) is 23.9 Å². The smallest absolute Gasteiger partial charge is 0.257 e. The van der Waals surface area contributed by atoms with Crippen molar-refractivity contribution < 1.29 is 19.0 Å². The van der Waals surface area contributed by atoms with Gasteiger partial charge in [-0.15, -0.1) is 0 Å². The zero-order valence-electron chi connectivity index (χ0n) is 11.1. The lowest BCUT2D eigenvalue weighted by molar-refractivity contribution is -0.123. The average Bonchev–Trinajstić information content (AvgIpc) is 2.75. The maximum Gasteiger partial charge on any atom is 0.257 e. The summed E-state index contributed by atoms with van der Waals surface area (Å²) in [7, 11) is 1.58. The van der Waals surface area contributed by atoms with Crippen LogP contribution in [0.1, 0.15) is 11.7 Å². The molecule has 0 saturated heterocycles. The van der Waals surface area contributed by atoms with Gasteiger partial charge in [0, 0.05) is 16.1 Å². The van der Waals surface area contributed by atoms with E-state index in [9.17, 15) is 14.3 Å². The molecule has 2 aromatic rings.